The monoisotopic (exact) mass is 718 g/mol. The van der Waals surface area contributed by atoms with E-state index >= 15 is 8.78 Å². The van der Waals surface area contributed by atoms with Crippen LogP contribution in [0.25, 0.3) is 22.3 Å². The fourth-order valence-corrected chi connectivity index (χ4v) is 11.1. The van der Waals surface area contributed by atoms with Crippen molar-refractivity contribution in [1.29, 1.82) is 0 Å². The number of hydrogen-bond donors (Lipinski definition) is 0. The Labute approximate surface area is 322 Å². The van der Waals surface area contributed by atoms with Gasteiger partial charge in [0.1, 0.15) is 17.3 Å². The van der Waals surface area contributed by atoms with Crippen LogP contribution in [0.5, 0.6) is 0 Å². The normalized spacial score (nSPS) is 14.8. The van der Waals surface area contributed by atoms with Crippen LogP contribution in [0.15, 0.2) is 158 Å². The molecule has 0 fully saturated rings. The van der Waals surface area contributed by atoms with Crippen molar-refractivity contribution in [1.82, 2.24) is 0 Å². The van der Waals surface area contributed by atoms with Gasteiger partial charge in [-0.3, -0.25) is 0 Å². The van der Waals surface area contributed by atoms with Gasteiger partial charge in [0, 0.05) is 68.0 Å². The lowest BCUT2D eigenvalue weighted by Gasteiger charge is -2.56. The molecule has 8 heteroatoms. The fourth-order valence-electron chi connectivity index (χ4n) is 11.1. The molecule has 6 aliphatic rings. The molecule has 14 rings (SSSR count). The number of fused-ring (bicyclic) bond motifs is 2. The van der Waals surface area contributed by atoms with E-state index in [1.807, 2.05) is 29.2 Å². The maximum absolute atomic E-state index is 16.0. The van der Waals surface area contributed by atoms with Crippen molar-refractivity contribution < 1.29 is 8.78 Å². The summed E-state index contributed by atoms with van der Waals surface area (Å²) in [6.07, 6.45) is 0. The molecular formula is C48H26B2F2N4. The first-order valence-electron chi connectivity index (χ1n) is 19.2. The molecule has 0 spiro atoms. The molecule has 0 N–H and O–H groups in total. The third kappa shape index (κ3) is 3.24. The van der Waals surface area contributed by atoms with Gasteiger partial charge in [0.25, 0.3) is 6.71 Å². The van der Waals surface area contributed by atoms with Gasteiger partial charge < -0.3 is 19.5 Å². The smallest absolute Gasteiger partial charge is 0.333 e. The quantitative estimate of drug-likeness (QED) is 0.169. The Morgan fingerprint density at radius 3 is 1.25 bits per heavy atom. The first kappa shape index (κ1) is 29.3. The summed E-state index contributed by atoms with van der Waals surface area (Å²) in [6.45, 7) is -0.235. The Morgan fingerprint density at radius 2 is 0.750 bits per heavy atom. The lowest BCUT2D eigenvalue weighted by atomic mass is 9.29. The summed E-state index contributed by atoms with van der Waals surface area (Å²) >= 11 is 0. The molecule has 0 radical (unpaired) electrons. The molecule has 0 unspecified atom stereocenters. The molecule has 8 aromatic rings. The minimum atomic E-state index is -0.591. The largest absolute Gasteiger partial charge is 0.377 e. The van der Waals surface area contributed by atoms with Crippen LogP contribution < -0.4 is 46.8 Å². The van der Waals surface area contributed by atoms with Crippen LogP contribution >= 0.6 is 0 Å². The predicted molar refractivity (Wildman–Crippen MR) is 227 cm³/mol. The second kappa shape index (κ2) is 9.97. The maximum Gasteiger partial charge on any atom is 0.333 e. The van der Waals surface area contributed by atoms with Crippen LogP contribution in [-0.4, -0.2) is 13.6 Å². The van der Waals surface area contributed by atoms with Crippen molar-refractivity contribution >= 4 is 103 Å². The Balaban J connectivity index is 1.18. The van der Waals surface area contributed by atoms with Crippen LogP contribution in [0, 0.1) is 11.6 Å². The van der Waals surface area contributed by atoms with Crippen molar-refractivity contribution in [3.63, 3.8) is 0 Å². The zero-order valence-corrected chi connectivity index (χ0v) is 29.7. The molecule has 0 atom stereocenters. The zero-order chi connectivity index (χ0) is 36.6. The summed E-state index contributed by atoms with van der Waals surface area (Å²) in [5.74, 6) is -1.18. The van der Waals surface area contributed by atoms with Crippen LogP contribution in [0.3, 0.4) is 0 Å². The highest BCUT2D eigenvalue weighted by atomic mass is 19.1. The molecular weight excluding hydrogens is 692 g/mol. The summed E-state index contributed by atoms with van der Waals surface area (Å²) < 4.78 is 32.0. The van der Waals surface area contributed by atoms with Crippen molar-refractivity contribution in [2.45, 2.75) is 0 Å². The molecule has 258 valence electrons. The maximum atomic E-state index is 16.0. The molecule has 0 aromatic heterocycles. The standard InChI is InChI=1S/C48H26B2F2N4/c51-33-17-9-18-34(52)48(33)55-35-19-7-15-29-31-23-25-39-44-46(31)56-47-32(30-16-8-20-36(55)42(30)50(56)41(29)35)24-26-40-45(47)49(44)43-37(53(39)27-11-3-1-4-12-27)21-10-22-38(43)54(40)28-13-5-2-6-14-28/h1-26H. The van der Waals surface area contributed by atoms with Gasteiger partial charge in [0.05, 0.1) is 0 Å². The van der Waals surface area contributed by atoms with Crippen LogP contribution in [-0.2, 0) is 0 Å². The minimum absolute atomic E-state index is 0.0191. The van der Waals surface area contributed by atoms with Gasteiger partial charge in [-0.15, -0.1) is 0 Å². The molecule has 4 nitrogen and oxygen atoms in total. The van der Waals surface area contributed by atoms with Gasteiger partial charge >= 0.3 is 6.85 Å². The molecule has 0 saturated carbocycles. The van der Waals surface area contributed by atoms with Crippen molar-refractivity contribution in [2.24, 2.45) is 0 Å². The number of benzene rings is 8. The van der Waals surface area contributed by atoms with Gasteiger partial charge in [-0.1, -0.05) is 84.9 Å². The summed E-state index contributed by atoms with van der Waals surface area (Å²) in [5.41, 5.74) is 21.4. The number of para-hydroxylation sites is 3. The van der Waals surface area contributed by atoms with E-state index < -0.39 is 11.6 Å². The number of halogens is 2. The van der Waals surface area contributed by atoms with Crippen molar-refractivity contribution in [3.8, 4) is 22.3 Å². The minimum Gasteiger partial charge on any atom is -0.377 e. The Hall–Kier alpha value is -7.05. The van der Waals surface area contributed by atoms with E-state index in [-0.39, 0.29) is 19.2 Å². The van der Waals surface area contributed by atoms with Gasteiger partial charge in [-0.05, 0) is 111 Å². The van der Waals surface area contributed by atoms with Gasteiger partial charge in [0.15, 0.2) is 0 Å². The molecule has 8 aromatic carbocycles. The summed E-state index contributed by atoms with van der Waals surface area (Å²) in [5, 5.41) is 0. The third-order valence-corrected chi connectivity index (χ3v) is 13.0. The molecule has 0 saturated heterocycles. The first-order valence-corrected chi connectivity index (χ1v) is 19.2. The average molecular weight is 718 g/mol. The Kier molecular flexibility index (Phi) is 5.22. The highest BCUT2D eigenvalue weighted by molar-refractivity contribution is 7.05. The molecule has 6 heterocycles. The second-order valence-electron chi connectivity index (χ2n) is 15.4. The number of nitrogens with zero attached hydrogens (tertiary/aromatic N) is 4. The third-order valence-electron chi connectivity index (χ3n) is 13.0. The van der Waals surface area contributed by atoms with E-state index in [9.17, 15) is 0 Å². The van der Waals surface area contributed by atoms with Gasteiger partial charge in [-0.2, -0.15) is 0 Å². The fraction of sp³-hybridized carbons (Fsp3) is 0. The van der Waals surface area contributed by atoms with E-state index in [1.165, 1.54) is 68.7 Å². The molecule has 0 aliphatic carbocycles. The van der Waals surface area contributed by atoms with Crippen LogP contribution in [0.1, 0.15) is 0 Å². The second-order valence-corrected chi connectivity index (χ2v) is 15.4. The summed E-state index contributed by atoms with van der Waals surface area (Å²) in [6, 6.07) is 54.0. The average Bonchev–Trinajstić information content (AvgIpc) is 3.24. The van der Waals surface area contributed by atoms with E-state index in [2.05, 4.69) is 130 Å². The Morgan fingerprint density at radius 1 is 0.321 bits per heavy atom. The predicted octanol–water partition coefficient (Wildman–Crippen LogP) is 9.05. The highest BCUT2D eigenvalue weighted by Gasteiger charge is 2.57. The van der Waals surface area contributed by atoms with Crippen molar-refractivity contribution in [2.75, 3.05) is 19.5 Å². The van der Waals surface area contributed by atoms with Gasteiger partial charge in [-0.25, -0.2) is 8.78 Å². The molecule has 6 aliphatic heterocycles. The zero-order valence-electron chi connectivity index (χ0n) is 29.7. The summed E-state index contributed by atoms with van der Waals surface area (Å²) in [7, 11) is 0. The lowest BCUT2D eigenvalue weighted by molar-refractivity contribution is 0.586. The van der Waals surface area contributed by atoms with E-state index in [0.717, 1.165) is 55.9 Å². The number of hydrogen-bond acceptors (Lipinski definition) is 4. The first-order chi connectivity index (χ1) is 27.7. The lowest BCUT2D eigenvalue weighted by Crippen LogP contribution is -2.72. The van der Waals surface area contributed by atoms with Gasteiger partial charge in [0.2, 0.25) is 0 Å². The molecule has 56 heavy (non-hydrogen) atoms. The summed E-state index contributed by atoms with van der Waals surface area (Å²) in [4.78, 5) is 9.34. The van der Waals surface area contributed by atoms with E-state index in [4.69, 9.17) is 0 Å². The SMILES string of the molecule is Fc1cccc(F)c1N1c2cccc3c2B2c4c(cccc41)-c1ccc4c5c1N2c1c-3ccc2c1B5c1c(cccc1N4c1ccccc1)N2c1ccccc1. The highest BCUT2D eigenvalue weighted by Crippen LogP contribution is 2.57. The number of rotatable bonds is 3. The van der Waals surface area contributed by atoms with E-state index in [1.54, 1.807) is 0 Å². The van der Waals surface area contributed by atoms with E-state index in [0.29, 0.717) is 0 Å². The topological polar surface area (TPSA) is 13.0 Å². The van der Waals surface area contributed by atoms with Crippen LogP contribution in [0.2, 0.25) is 0 Å². The number of anilines is 11. The molecule has 0 bridgehead atoms. The van der Waals surface area contributed by atoms with Crippen LogP contribution in [0.4, 0.5) is 71.3 Å². The van der Waals surface area contributed by atoms with Crippen molar-refractivity contribution in [3.05, 3.63) is 169 Å². The Bertz CT molecular complexity index is 2920. The molecule has 0 amide bonds.